The predicted molar refractivity (Wildman–Crippen MR) is 83.1 cm³/mol. The number of rotatable bonds is 5. The highest BCUT2D eigenvalue weighted by Crippen LogP contribution is 2.27. The molecule has 0 heterocycles. The van der Waals surface area contributed by atoms with Gasteiger partial charge in [-0.15, -0.1) is 0 Å². The summed E-state index contributed by atoms with van der Waals surface area (Å²) in [6.07, 6.45) is 0. The molecule has 112 valence electrons. The molecule has 21 heavy (non-hydrogen) atoms. The van der Waals surface area contributed by atoms with Crippen molar-refractivity contribution in [1.29, 1.82) is 0 Å². The lowest BCUT2D eigenvalue weighted by Gasteiger charge is -2.12. The lowest BCUT2D eigenvalue weighted by molar-refractivity contribution is 0.402. The Bertz CT molecular complexity index is 748. The molecule has 0 aliphatic rings. The molecule has 0 unspecified atom stereocenters. The van der Waals surface area contributed by atoms with Gasteiger partial charge in [-0.1, -0.05) is 23.7 Å². The fourth-order valence-corrected chi connectivity index (χ4v) is 3.21. The molecule has 2 rings (SSSR count). The second-order valence-electron chi connectivity index (χ2n) is 4.31. The molecule has 0 aromatic heterocycles. The number of hydrogen-bond donors (Lipinski definition) is 2. The Balaban J connectivity index is 2.40. The van der Waals surface area contributed by atoms with E-state index in [0.717, 1.165) is 5.56 Å². The number of halogens is 1. The second kappa shape index (κ2) is 6.34. The first-order valence-corrected chi connectivity index (χ1v) is 7.98. The maximum Gasteiger partial charge on any atom is 0.265 e. The number of ether oxygens (including phenoxy) is 1. The summed E-state index contributed by atoms with van der Waals surface area (Å²) in [6.45, 7) is 0.304. The Morgan fingerprint density at radius 3 is 2.62 bits per heavy atom. The van der Waals surface area contributed by atoms with Gasteiger partial charge in [0.15, 0.2) is 0 Å². The van der Waals surface area contributed by atoms with Crippen molar-refractivity contribution >= 4 is 27.3 Å². The van der Waals surface area contributed by atoms with Crippen molar-refractivity contribution < 1.29 is 13.2 Å². The molecule has 3 N–H and O–H groups in total. The van der Waals surface area contributed by atoms with Crippen LogP contribution in [0.1, 0.15) is 5.56 Å². The van der Waals surface area contributed by atoms with Crippen LogP contribution in [0.25, 0.3) is 0 Å². The average molecular weight is 327 g/mol. The van der Waals surface area contributed by atoms with Crippen molar-refractivity contribution in [1.82, 2.24) is 0 Å². The van der Waals surface area contributed by atoms with Gasteiger partial charge in [-0.3, -0.25) is 4.72 Å². The summed E-state index contributed by atoms with van der Waals surface area (Å²) < 4.78 is 32.5. The van der Waals surface area contributed by atoms with Crippen molar-refractivity contribution in [2.75, 3.05) is 11.8 Å². The minimum Gasteiger partial charge on any atom is -0.495 e. The second-order valence-corrected chi connectivity index (χ2v) is 6.39. The molecule has 0 aliphatic carbocycles. The first kappa shape index (κ1) is 15.6. The van der Waals surface area contributed by atoms with E-state index < -0.39 is 10.0 Å². The highest BCUT2D eigenvalue weighted by Gasteiger charge is 2.20. The molecule has 0 bridgehead atoms. The van der Waals surface area contributed by atoms with Crippen LogP contribution in [-0.4, -0.2) is 15.5 Å². The standard InChI is InChI=1S/C14H15ClN2O3S/c1-20-13-7-10(9-16)5-6-14(13)21(18,19)17-12-4-2-3-11(15)8-12/h2-8,17H,9,16H2,1H3. The van der Waals surface area contributed by atoms with Crippen LogP contribution in [0.4, 0.5) is 5.69 Å². The molecule has 0 radical (unpaired) electrons. The van der Waals surface area contributed by atoms with Gasteiger partial charge in [-0.05, 0) is 35.9 Å². The molecule has 2 aromatic rings. The predicted octanol–water partition coefficient (Wildman–Crippen LogP) is 2.61. The largest absolute Gasteiger partial charge is 0.495 e. The molecule has 0 saturated carbocycles. The van der Waals surface area contributed by atoms with Crippen molar-refractivity contribution in [2.45, 2.75) is 11.4 Å². The van der Waals surface area contributed by atoms with Gasteiger partial charge in [-0.25, -0.2) is 8.42 Å². The van der Waals surface area contributed by atoms with Gasteiger partial charge in [0, 0.05) is 11.6 Å². The van der Waals surface area contributed by atoms with Gasteiger partial charge in [-0.2, -0.15) is 0 Å². The number of nitrogens with two attached hydrogens (primary N) is 1. The number of methoxy groups -OCH3 is 1. The molecule has 0 amide bonds. The third-order valence-electron chi connectivity index (χ3n) is 2.83. The molecular weight excluding hydrogens is 312 g/mol. The molecule has 2 aromatic carbocycles. The fraction of sp³-hybridized carbons (Fsp3) is 0.143. The van der Waals surface area contributed by atoms with Gasteiger partial charge < -0.3 is 10.5 Å². The normalized spacial score (nSPS) is 11.2. The van der Waals surface area contributed by atoms with Crippen LogP contribution < -0.4 is 15.2 Å². The average Bonchev–Trinajstić information content (AvgIpc) is 2.46. The molecular formula is C14H15ClN2O3S. The smallest absolute Gasteiger partial charge is 0.265 e. The van der Waals surface area contributed by atoms with Crippen LogP contribution in [0.3, 0.4) is 0 Å². The lowest BCUT2D eigenvalue weighted by Crippen LogP contribution is -2.14. The summed E-state index contributed by atoms with van der Waals surface area (Å²) in [4.78, 5) is 0.0437. The SMILES string of the molecule is COc1cc(CN)ccc1S(=O)(=O)Nc1cccc(Cl)c1. The van der Waals surface area contributed by atoms with Crippen LogP contribution in [0, 0.1) is 0 Å². The third kappa shape index (κ3) is 3.66. The van der Waals surface area contributed by atoms with Crippen molar-refractivity contribution in [3.63, 3.8) is 0 Å². The zero-order valence-electron chi connectivity index (χ0n) is 11.3. The van der Waals surface area contributed by atoms with Gasteiger partial charge in [0.25, 0.3) is 10.0 Å². The summed E-state index contributed by atoms with van der Waals surface area (Å²) in [6, 6.07) is 11.2. The zero-order valence-corrected chi connectivity index (χ0v) is 12.9. The molecule has 0 atom stereocenters. The van der Waals surface area contributed by atoms with E-state index in [9.17, 15) is 8.42 Å². The number of anilines is 1. The Morgan fingerprint density at radius 1 is 1.24 bits per heavy atom. The van der Waals surface area contributed by atoms with Gasteiger partial charge in [0.2, 0.25) is 0 Å². The summed E-state index contributed by atoms with van der Waals surface area (Å²) in [5.41, 5.74) is 6.71. The van der Waals surface area contributed by atoms with E-state index in [1.165, 1.54) is 19.2 Å². The van der Waals surface area contributed by atoms with Crippen LogP contribution in [-0.2, 0) is 16.6 Å². The highest BCUT2D eigenvalue weighted by atomic mass is 35.5. The first-order valence-electron chi connectivity index (χ1n) is 6.11. The molecule has 0 spiro atoms. The van der Waals surface area contributed by atoms with Crippen LogP contribution in [0.2, 0.25) is 5.02 Å². The summed E-state index contributed by atoms with van der Waals surface area (Å²) >= 11 is 5.84. The monoisotopic (exact) mass is 326 g/mol. The Morgan fingerprint density at radius 2 is 2.00 bits per heavy atom. The molecule has 0 aliphatic heterocycles. The van der Waals surface area contributed by atoms with Crippen molar-refractivity contribution in [3.05, 3.63) is 53.1 Å². The molecule has 0 saturated heterocycles. The zero-order chi connectivity index (χ0) is 15.5. The van der Waals surface area contributed by atoms with Crippen LogP contribution >= 0.6 is 11.6 Å². The number of hydrogen-bond acceptors (Lipinski definition) is 4. The van der Waals surface area contributed by atoms with E-state index in [0.29, 0.717) is 17.3 Å². The highest BCUT2D eigenvalue weighted by molar-refractivity contribution is 7.92. The fourth-order valence-electron chi connectivity index (χ4n) is 1.82. The maximum atomic E-state index is 12.4. The van der Waals surface area contributed by atoms with Gasteiger partial charge in [0.05, 0.1) is 12.8 Å². The minimum atomic E-state index is -3.77. The molecule has 7 heteroatoms. The van der Waals surface area contributed by atoms with Crippen LogP contribution in [0.15, 0.2) is 47.4 Å². The Hall–Kier alpha value is -1.76. The van der Waals surface area contributed by atoms with E-state index in [2.05, 4.69) is 4.72 Å². The Labute approximate surface area is 128 Å². The minimum absolute atomic E-state index is 0.0437. The van der Waals surface area contributed by atoms with Crippen molar-refractivity contribution in [2.24, 2.45) is 5.73 Å². The number of benzene rings is 2. The number of sulfonamides is 1. The Kier molecular flexibility index (Phi) is 4.72. The van der Waals surface area contributed by atoms with Crippen molar-refractivity contribution in [3.8, 4) is 5.75 Å². The lowest BCUT2D eigenvalue weighted by atomic mass is 10.2. The van der Waals surface area contributed by atoms with E-state index in [1.54, 1.807) is 30.3 Å². The number of nitrogens with one attached hydrogen (secondary N) is 1. The summed E-state index contributed by atoms with van der Waals surface area (Å²) in [7, 11) is -2.36. The third-order valence-corrected chi connectivity index (χ3v) is 4.49. The maximum absolute atomic E-state index is 12.4. The van der Waals surface area contributed by atoms with E-state index in [-0.39, 0.29) is 10.6 Å². The summed E-state index contributed by atoms with van der Waals surface area (Å²) in [5, 5.41) is 0.445. The quantitative estimate of drug-likeness (QED) is 0.885. The first-order chi connectivity index (χ1) is 9.96. The van der Waals surface area contributed by atoms with E-state index >= 15 is 0 Å². The van der Waals surface area contributed by atoms with Gasteiger partial charge >= 0.3 is 0 Å². The topological polar surface area (TPSA) is 81.4 Å². The van der Waals surface area contributed by atoms with Crippen LogP contribution in [0.5, 0.6) is 5.75 Å². The van der Waals surface area contributed by atoms with E-state index in [1.807, 2.05) is 0 Å². The molecule has 5 nitrogen and oxygen atoms in total. The molecule has 0 fully saturated rings. The van der Waals surface area contributed by atoms with E-state index in [4.69, 9.17) is 22.1 Å². The summed E-state index contributed by atoms with van der Waals surface area (Å²) in [5.74, 6) is 0.243. The van der Waals surface area contributed by atoms with Gasteiger partial charge in [0.1, 0.15) is 10.6 Å².